The summed E-state index contributed by atoms with van der Waals surface area (Å²) < 4.78 is 2.67. The van der Waals surface area contributed by atoms with Crippen LogP contribution in [0.4, 0.5) is 5.69 Å². The van der Waals surface area contributed by atoms with Gasteiger partial charge in [0.25, 0.3) is 5.91 Å². The van der Waals surface area contributed by atoms with Gasteiger partial charge in [-0.3, -0.25) is 4.79 Å². The molecule has 4 rings (SSSR count). The van der Waals surface area contributed by atoms with Gasteiger partial charge in [0.15, 0.2) is 5.82 Å². The Morgan fingerprint density at radius 1 is 1.00 bits per heavy atom. The molecule has 31 heavy (non-hydrogen) atoms. The Labute approximate surface area is 194 Å². The van der Waals surface area contributed by atoms with E-state index in [-0.39, 0.29) is 5.82 Å². The van der Waals surface area contributed by atoms with Crippen molar-refractivity contribution >= 4 is 39.1 Å². The molecular formula is C24H20BrClN4O. The fourth-order valence-corrected chi connectivity index (χ4v) is 3.90. The molecule has 0 radical (unpaired) electrons. The predicted molar refractivity (Wildman–Crippen MR) is 128 cm³/mol. The highest BCUT2D eigenvalue weighted by atomic mass is 79.9. The maximum Gasteiger partial charge on any atom is 0.295 e. The minimum Gasteiger partial charge on any atom is -0.318 e. The fraction of sp³-hybridized carbons (Fsp3) is 0.125. The number of rotatable bonds is 4. The summed E-state index contributed by atoms with van der Waals surface area (Å²) >= 11 is 9.74. The number of hydrogen-bond donors (Lipinski definition) is 1. The molecule has 5 nitrogen and oxygen atoms in total. The van der Waals surface area contributed by atoms with E-state index in [1.807, 2.05) is 69.3 Å². The Hall–Kier alpha value is -2.96. The van der Waals surface area contributed by atoms with E-state index in [1.165, 1.54) is 0 Å². The van der Waals surface area contributed by atoms with Gasteiger partial charge in [-0.05, 0) is 56.2 Å². The van der Waals surface area contributed by atoms with Crippen molar-refractivity contribution in [3.8, 4) is 17.1 Å². The van der Waals surface area contributed by atoms with Gasteiger partial charge in [-0.15, -0.1) is 5.10 Å². The molecular weight excluding hydrogens is 476 g/mol. The molecule has 4 aromatic rings. The number of carbonyl (C=O) groups is 1. The number of nitrogens with one attached hydrogen (secondary N) is 1. The molecule has 0 aliphatic rings. The summed E-state index contributed by atoms with van der Waals surface area (Å²) in [6.45, 7) is 5.94. The Bertz CT molecular complexity index is 1260. The first-order valence-electron chi connectivity index (χ1n) is 9.70. The smallest absolute Gasteiger partial charge is 0.295 e. The van der Waals surface area contributed by atoms with E-state index in [4.69, 9.17) is 11.6 Å². The topological polar surface area (TPSA) is 59.8 Å². The maximum atomic E-state index is 13.0. The second-order valence-electron chi connectivity index (χ2n) is 7.35. The van der Waals surface area contributed by atoms with E-state index in [0.717, 1.165) is 32.4 Å². The van der Waals surface area contributed by atoms with Crippen LogP contribution in [-0.4, -0.2) is 20.7 Å². The van der Waals surface area contributed by atoms with Crippen LogP contribution in [0, 0.1) is 20.8 Å². The lowest BCUT2D eigenvalue weighted by Crippen LogP contribution is -2.15. The van der Waals surface area contributed by atoms with E-state index in [2.05, 4.69) is 37.4 Å². The molecule has 0 bridgehead atoms. The normalized spacial score (nSPS) is 10.9. The minimum absolute atomic E-state index is 0.0669. The number of carbonyl (C=O) groups excluding carboxylic acids is 1. The van der Waals surface area contributed by atoms with Crippen molar-refractivity contribution in [1.29, 1.82) is 0 Å². The molecule has 7 heteroatoms. The zero-order chi connectivity index (χ0) is 22.1. The van der Waals surface area contributed by atoms with Crippen molar-refractivity contribution in [2.75, 3.05) is 5.32 Å². The van der Waals surface area contributed by atoms with E-state index in [0.29, 0.717) is 16.5 Å². The van der Waals surface area contributed by atoms with E-state index in [9.17, 15) is 4.79 Å². The fourth-order valence-electron chi connectivity index (χ4n) is 3.36. The summed E-state index contributed by atoms with van der Waals surface area (Å²) in [5.41, 5.74) is 5.33. The standard InChI is InChI=1S/C24H20BrClN4O/c1-14-7-12-20(16(3)13-14)30-23(17-8-10-18(25)11-9-17)28-22(29-30)24(31)27-21-15(2)5-4-6-19(21)26/h4-13H,1-3H3,(H,27,31). The lowest BCUT2D eigenvalue weighted by molar-refractivity contribution is 0.101. The molecule has 0 saturated carbocycles. The van der Waals surface area contributed by atoms with E-state index in [1.54, 1.807) is 10.7 Å². The lowest BCUT2D eigenvalue weighted by atomic mass is 10.1. The largest absolute Gasteiger partial charge is 0.318 e. The average Bonchev–Trinajstić information content (AvgIpc) is 3.16. The summed E-state index contributed by atoms with van der Waals surface area (Å²) in [6, 6.07) is 19.3. The van der Waals surface area contributed by atoms with Gasteiger partial charge in [-0.25, -0.2) is 9.67 Å². The van der Waals surface area contributed by atoms with Gasteiger partial charge in [-0.2, -0.15) is 0 Å². The summed E-state index contributed by atoms with van der Waals surface area (Å²) in [5.74, 6) is 0.232. The first kappa shape index (κ1) is 21.3. The summed E-state index contributed by atoms with van der Waals surface area (Å²) in [7, 11) is 0. The maximum absolute atomic E-state index is 13.0. The SMILES string of the molecule is Cc1ccc(-n2nc(C(=O)Nc3c(C)cccc3Cl)nc2-c2ccc(Br)cc2)c(C)c1. The quantitative estimate of drug-likeness (QED) is 0.350. The van der Waals surface area contributed by atoms with Crippen molar-refractivity contribution in [3.63, 3.8) is 0 Å². The van der Waals surface area contributed by atoms with Gasteiger partial charge in [0.2, 0.25) is 5.82 Å². The number of amides is 1. The average molecular weight is 496 g/mol. The van der Waals surface area contributed by atoms with Gasteiger partial charge >= 0.3 is 0 Å². The number of benzene rings is 3. The molecule has 1 amide bonds. The van der Waals surface area contributed by atoms with E-state index >= 15 is 0 Å². The highest BCUT2D eigenvalue weighted by Gasteiger charge is 2.21. The summed E-state index contributed by atoms with van der Waals surface area (Å²) in [6.07, 6.45) is 0. The van der Waals surface area contributed by atoms with Crippen molar-refractivity contribution in [2.24, 2.45) is 0 Å². The monoisotopic (exact) mass is 494 g/mol. The van der Waals surface area contributed by atoms with Crippen LogP contribution in [0.15, 0.2) is 65.1 Å². The second-order valence-corrected chi connectivity index (χ2v) is 8.68. The first-order valence-corrected chi connectivity index (χ1v) is 10.9. The van der Waals surface area contributed by atoms with Crippen LogP contribution in [-0.2, 0) is 0 Å². The molecule has 156 valence electrons. The van der Waals surface area contributed by atoms with Gasteiger partial charge in [0.05, 0.1) is 16.4 Å². The van der Waals surface area contributed by atoms with Gasteiger partial charge in [-0.1, -0.05) is 69.5 Å². The van der Waals surface area contributed by atoms with Crippen LogP contribution in [0.25, 0.3) is 17.1 Å². The number of halogens is 2. The summed E-state index contributed by atoms with van der Waals surface area (Å²) in [4.78, 5) is 17.6. The van der Waals surface area contributed by atoms with Crippen LogP contribution in [0.2, 0.25) is 5.02 Å². The van der Waals surface area contributed by atoms with Crippen LogP contribution in [0.3, 0.4) is 0 Å². The molecule has 0 unspecified atom stereocenters. The highest BCUT2D eigenvalue weighted by Crippen LogP contribution is 2.28. The molecule has 3 aromatic carbocycles. The molecule has 0 spiro atoms. The zero-order valence-electron chi connectivity index (χ0n) is 17.3. The lowest BCUT2D eigenvalue weighted by Gasteiger charge is -2.10. The zero-order valence-corrected chi connectivity index (χ0v) is 19.6. The third kappa shape index (κ3) is 4.40. The van der Waals surface area contributed by atoms with E-state index < -0.39 is 5.91 Å². The van der Waals surface area contributed by atoms with Gasteiger partial charge in [0, 0.05) is 10.0 Å². The molecule has 0 saturated heterocycles. The number of nitrogens with zero attached hydrogens (tertiary/aromatic N) is 3. The Kier molecular flexibility index (Phi) is 5.94. The van der Waals surface area contributed by atoms with Crippen LogP contribution >= 0.6 is 27.5 Å². The first-order chi connectivity index (χ1) is 14.8. The highest BCUT2D eigenvalue weighted by molar-refractivity contribution is 9.10. The number of para-hydroxylation sites is 1. The molecule has 0 atom stereocenters. The molecule has 1 N–H and O–H groups in total. The minimum atomic E-state index is -0.418. The molecule has 0 aliphatic heterocycles. The van der Waals surface area contributed by atoms with Gasteiger partial charge in [0.1, 0.15) is 0 Å². The number of aromatic nitrogens is 3. The summed E-state index contributed by atoms with van der Waals surface area (Å²) in [5, 5.41) is 7.89. The third-order valence-corrected chi connectivity index (χ3v) is 5.80. The number of anilines is 1. The van der Waals surface area contributed by atoms with Crippen LogP contribution in [0.1, 0.15) is 27.3 Å². The Morgan fingerprint density at radius 2 is 1.74 bits per heavy atom. The van der Waals surface area contributed by atoms with Crippen molar-refractivity contribution in [2.45, 2.75) is 20.8 Å². The Balaban J connectivity index is 1.81. The number of aryl methyl sites for hydroxylation is 3. The third-order valence-electron chi connectivity index (χ3n) is 4.95. The molecule has 1 heterocycles. The molecule has 0 fully saturated rings. The number of hydrogen-bond acceptors (Lipinski definition) is 3. The van der Waals surface area contributed by atoms with Crippen molar-refractivity contribution in [1.82, 2.24) is 14.8 Å². The van der Waals surface area contributed by atoms with Crippen LogP contribution < -0.4 is 5.32 Å². The molecule has 1 aromatic heterocycles. The van der Waals surface area contributed by atoms with Gasteiger partial charge < -0.3 is 5.32 Å². The van der Waals surface area contributed by atoms with Crippen LogP contribution in [0.5, 0.6) is 0 Å². The Morgan fingerprint density at radius 3 is 2.42 bits per heavy atom. The predicted octanol–water partition coefficient (Wildman–Crippen LogP) is 6.53. The van der Waals surface area contributed by atoms with Crippen molar-refractivity contribution in [3.05, 3.63) is 92.7 Å². The molecule has 0 aliphatic carbocycles. The van der Waals surface area contributed by atoms with Crippen molar-refractivity contribution < 1.29 is 4.79 Å². The second kappa shape index (κ2) is 8.65.